The number of H-pyrrole nitrogens is 3. The van der Waals surface area contributed by atoms with Gasteiger partial charge in [-0.15, -0.1) is 0 Å². The number of hydrogen-bond donors (Lipinski definition) is 4. The van der Waals surface area contributed by atoms with Crippen molar-refractivity contribution < 1.29 is 4.79 Å². The van der Waals surface area contributed by atoms with Crippen molar-refractivity contribution >= 4 is 23.1 Å². The lowest BCUT2D eigenvalue weighted by molar-refractivity contribution is -0.116. The van der Waals surface area contributed by atoms with Crippen molar-refractivity contribution in [3.8, 4) is 11.3 Å². The molecule has 0 unspecified atom stereocenters. The molecule has 0 aliphatic heterocycles. The van der Waals surface area contributed by atoms with E-state index in [0.717, 1.165) is 11.3 Å². The Morgan fingerprint density at radius 2 is 2.17 bits per heavy atom. The quantitative estimate of drug-likeness (QED) is 0.558. The second kappa shape index (κ2) is 6.67. The Morgan fingerprint density at radius 1 is 1.33 bits per heavy atom. The van der Waals surface area contributed by atoms with Gasteiger partial charge in [0.2, 0.25) is 5.91 Å². The van der Waals surface area contributed by atoms with Crippen LogP contribution in [0, 0.1) is 6.92 Å². The van der Waals surface area contributed by atoms with Crippen LogP contribution in [0.25, 0.3) is 11.3 Å². The second-order valence-electron chi connectivity index (χ2n) is 5.24. The molecular weight excluding hydrogens is 330 g/mol. The molecule has 3 rings (SSSR count). The number of carbonyl (C=O) groups excluding carboxylic acids is 1. The topological polar surface area (TPSA) is 123 Å². The lowest BCUT2D eigenvalue weighted by Crippen LogP contribution is -2.27. The van der Waals surface area contributed by atoms with E-state index in [-0.39, 0.29) is 18.7 Å². The minimum atomic E-state index is -0.553. The third-order valence-electron chi connectivity index (χ3n) is 3.53. The molecule has 9 heteroatoms. The summed E-state index contributed by atoms with van der Waals surface area (Å²) in [5, 5.41) is 13.5. The zero-order valence-corrected chi connectivity index (χ0v) is 13.6. The van der Waals surface area contributed by atoms with Crippen LogP contribution in [-0.2, 0) is 11.2 Å². The fourth-order valence-corrected chi connectivity index (χ4v) is 2.98. The third kappa shape index (κ3) is 3.51. The summed E-state index contributed by atoms with van der Waals surface area (Å²) in [6.45, 7) is 1.63. The highest BCUT2D eigenvalue weighted by molar-refractivity contribution is 7.08. The Balaban J connectivity index is 1.63. The van der Waals surface area contributed by atoms with Crippen LogP contribution < -0.4 is 16.6 Å². The molecular formula is C15H15N5O3S. The monoisotopic (exact) mass is 345 g/mol. The van der Waals surface area contributed by atoms with E-state index in [1.54, 1.807) is 24.3 Å². The van der Waals surface area contributed by atoms with Gasteiger partial charge in [0, 0.05) is 34.7 Å². The van der Waals surface area contributed by atoms with Gasteiger partial charge in [0.1, 0.15) is 0 Å². The van der Waals surface area contributed by atoms with Gasteiger partial charge in [-0.25, -0.2) is 4.79 Å². The largest absolute Gasteiger partial charge is 0.325 e. The smallest absolute Gasteiger partial charge is 0.311 e. The molecule has 0 fully saturated rings. The van der Waals surface area contributed by atoms with Crippen LogP contribution in [0.4, 0.5) is 5.82 Å². The number of rotatable bonds is 5. The molecule has 0 aliphatic carbocycles. The molecule has 0 spiro atoms. The van der Waals surface area contributed by atoms with Gasteiger partial charge in [-0.3, -0.25) is 19.7 Å². The number of hydrogen-bond acceptors (Lipinski definition) is 5. The summed E-state index contributed by atoms with van der Waals surface area (Å²) in [5.74, 6) is 0.164. The summed E-state index contributed by atoms with van der Waals surface area (Å²) in [6.07, 6.45) is 0.336. The van der Waals surface area contributed by atoms with E-state index in [1.807, 2.05) is 16.8 Å². The van der Waals surface area contributed by atoms with Crippen LogP contribution in [0.3, 0.4) is 0 Å². The van der Waals surface area contributed by atoms with Gasteiger partial charge in [-0.2, -0.15) is 16.4 Å². The van der Waals surface area contributed by atoms with Crippen LogP contribution in [0.15, 0.2) is 32.5 Å². The molecule has 0 atom stereocenters. The first-order valence-electron chi connectivity index (χ1n) is 7.23. The third-order valence-corrected chi connectivity index (χ3v) is 4.22. The first-order valence-corrected chi connectivity index (χ1v) is 8.17. The SMILES string of the molecule is Cc1[nH]c(=O)[nH]c(=O)c1CCC(=O)Nc1cc(-c2ccsc2)[nH]n1. The number of amides is 1. The second-order valence-corrected chi connectivity index (χ2v) is 6.02. The number of aryl methyl sites for hydroxylation is 1. The molecule has 0 bridgehead atoms. The maximum absolute atomic E-state index is 12.0. The zero-order valence-electron chi connectivity index (χ0n) is 12.8. The number of nitrogens with one attached hydrogen (secondary N) is 4. The van der Waals surface area contributed by atoms with Crippen LogP contribution in [0.2, 0.25) is 0 Å². The van der Waals surface area contributed by atoms with E-state index in [4.69, 9.17) is 0 Å². The minimum absolute atomic E-state index is 0.108. The van der Waals surface area contributed by atoms with Gasteiger partial charge in [-0.05, 0) is 24.8 Å². The normalized spacial score (nSPS) is 10.7. The van der Waals surface area contributed by atoms with E-state index >= 15 is 0 Å². The summed E-state index contributed by atoms with van der Waals surface area (Å²) in [4.78, 5) is 39.6. The Labute approximate surface area is 140 Å². The number of anilines is 1. The maximum atomic E-state index is 12.0. The Kier molecular flexibility index (Phi) is 4.43. The van der Waals surface area contributed by atoms with E-state index in [0.29, 0.717) is 17.1 Å². The van der Waals surface area contributed by atoms with Crippen molar-refractivity contribution in [2.75, 3.05) is 5.32 Å². The molecule has 4 N–H and O–H groups in total. The zero-order chi connectivity index (χ0) is 17.1. The fourth-order valence-electron chi connectivity index (χ4n) is 2.32. The van der Waals surface area contributed by atoms with Gasteiger partial charge in [0.25, 0.3) is 5.56 Å². The Bertz CT molecular complexity index is 968. The lowest BCUT2D eigenvalue weighted by Gasteiger charge is -2.04. The lowest BCUT2D eigenvalue weighted by atomic mass is 10.1. The van der Waals surface area contributed by atoms with Crippen molar-refractivity contribution in [1.29, 1.82) is 0 Å². The predicted molar refractivity (Wildman–Crippen MR) is 91.3 cm³/mol. The highest BCUT2D eigenvalue weighted by atomic mass is 32.1. The average Bonchev–Trinajstić information content (AvgIpc) is 3.16. The summed E-state index contributed by atoms with van der Waals surface area (Å²) in [6, 6.07) is 3.70. The van der Waals surface area contributed by atoms with Gasteiger partial charge >= 0.3 is 5.69 Å². The van der Waals surface area contributed by atoms with E-state index in [9.17, 15) is 14.4 Å². The molecule has 0 saturated carbocycles. The van der Waals surface area contributed by atoms with Gasteiger partial charge in [0.15, 0.2) is 5.82 Å². The van der Waals surface area contributed by atoms with Crippen molar-refractivity contribution in [3.05, 3.63) is 55.0 Å². The van der Waals surface area contributed by atoms with E-state index in [2.05, 4.69) is 25.5 Å². The fraction of sp³-hybridized carbons (Fsp3) is 0.200. The van der Waals surface area contributed by atoms with Crippen molar-refractivity contribution in [3.63, 3.8) is 0 Å². The van der Waals surface area contributed by atoms with Crippen LogP contribution in [0.1, 0.15) is 17.7 Å². The number of aromatic nitrogens is 4. The number of thiophene rings is 1. The molecule has 124 valence electrons. The minimum Gasteiger partial charge on any atom is -0.311 e. The molecule has 1 amide bonds. The van der Waals surface area contributed by atoms with Gasteiger partial charge in [0.05, 0.1) is 5.69 Å². The Morgan fingerprint density at radius 3 is 2.88 bits per heavy atom. The highest BCUT2D eigenvalue weighted by Crippen LogP contribution is 2.22. The molecule has 0 aromatic carbocycles. The summed E-state index contributed by atoms with van der Waals surface area (Å²) < 4.78 is 0. The Hall–Kier alpha value is -2.94. The first-order chi connectivity index (χ1) is 11.5. The summed E-state index contributed by atoms with van der Waals surface area (Å²) in [7, 11) is 0. The molecule has 3 aromatic rings. The molecule has 3 heterocycles. The van der Waals surface area contributed by atoms with Crippen molar-refractivity contribution in [2.45, 2.75) is 19.8 Å². The summed E-state index contributed by atoms with van der Waals surface area (Å²) in [5.41, 5.74) is 1.66. The average molecular weight is 345 g/mol. The molecule has 0 radical (unpaired) electrons. The molecule has 3 aromatic heterocycles. The molecule has 0 saturated heterocycles. The van der Waals surface area contributed by atoms with Crippen LogP contribution in [0.5, 0.6) is 0 Å². The van der Waals surface area contributed by atoms with Gasteiger partial charge in [-0.1, -0.05) is 0 Å². The number of carbonyl (C=O) groups is 1. The predicted octanol–water partition coefficient (Wildman–Crippen LogP) is 1.39. The van der Waals surface area contributed by atoms with Gasteiger partial charge < -0.3 is 10.3 Å². The summed E-state index contributed by atoms with van der Waals surface area (Å²) >= 11 is 1.57. The molecule has 8 nitrogen and oxygen atoms in total. The number of nitrogens with zero attached hydrogens (tertiary/aromatic N) is 1. The van der Waals surface area contributed by atoms with Crippen LogP contribution in [-0.4, -0.2) is 26.1 Å². The van der Waals surface area contributed by atoms with Crippen molar-refractivity contribution in [1.82, 2.24) is 20.2 Å². The van der Waals surface area contributed by atoms with Crippen molar-refractivity contribution in [2.24, 2.45) is 0 Å². The molecule has 0 aliphatic rings. The first kappa shape index (κ1) is 15.9. The van der Waals surface area contributed by atoms with E-state index in [1.165, 1.54) is 0 Å². The standard InChI is InChI=1S/C15H15N5O3S/c1-8-10(14(22)18-15(23)16-8)2-3-13(21)17-12-6-11(19-20-12)9-4-5-24-7-9/h4-7H,2-3H2,1H3,(H2,16,18,22,23)(H2,17,19,20,21). The van der Waals surface area contributed by atoms with Crippen LogP contribution >= 0.6 is 11.3 Å². The van der Waals surface area contributed by atoms with E-state index < -0.39 is 11.2 Å². The number of aromatic amines is 3. The molecule has 24 heavy (non-hydrogen) atoms. The highest BCUT2D eigenvalue weighted by Gasteiger charge is 2.11. The maximum Gasteiger partial charge on any atom is 0.325 e.